The van der Waals surface area contributed by atoms with Gasteiger partial charge >= 0.3 is 0 Å². The van der Waals surface area contributed by atoms with E-state index in [1.54, 1.807) is 40.0 Å². The number of hydrogen-bond donors (Lipinski definition) is 1. The lowest BCUT2D eigenvalue weighted by molar-refractivity contribution is -0.122. The van der Waals surface area contributed by atoms with E-state index in [0.29, 0.717) is 19.0 Å². The molecule has 0 fully saturated rings. The average molecular weight is 372 g/mol. The van der Waals surface area contributed by atoms with Crippen molar-refractivity contribution < 1.29 is 22.7 Å². The Kier molecular flexibility index (Phi) is 8.34. The summed E-state index contributed by atoms with van der Waals surface area (Å²) in [5.74, 6) is 0.285. The first-order valence-corrected chi connectivity index (χ1v) is 9.72. The van der Waals surface area contributed by atoms with Crippen molar-refractivity contribution in [1.82, 2.24) is 9.62 Å². The first kappa shape index (κ1) is 21.4. The second-order valence-corrected chi connectivity index (χ2v) is 7.65. The number of methoxy groups -OCH3 is 1. The van der Waals surface area contributed by atoms with Gasteiger partial charge in [0.05, 0.1) is 24.7 Å². The largest absolute Gasteiger partial charge is 0.494 e. The summed E-state index contributed by atoms with van der Waals surface area (Å²) in [7, 11) is -2.22. The number of sulfonamides is 1. The lowest BCUT2D eigenvalue weighted by atomic mass is 10.2. The second-order valence-electron chi connectivity index (χ2n) is 5.72. The smallest absolute Gasteiger partial charge is 0.243 e. The highest BCUT2D eigenvalue weighted by molar-refractivity contribution is 7.89. The van der Waals surface area contributed by atoms with E-state index < -0.39 is 10.0 Å². The van der Waals surface area contributed by atoms with E-state index in [1.807, 2.05) is 6.92 Å². The third kappa shape index (κ3) is 5.98. The fourth-order valence-electron chi connectivity index (χ4n) is 2.39. The van der Waals surface area contributed by atoms with Crippen molar-refractivity contribution in [2.75, 3.05) is 33.4 Å². The van der Waals surface area contributed by atoms with Crippen molar-refractivity contribution in [3.8, 4) is 5.75 Å². The summed E-state index contributed by atoms with van der Waals surface area (Å²) in [6.45, 7) is 7.98. The van der Waals surface area contributed by atoms with Gasteiger partial charge in [0.25, 0.3) is 0 Å². The van der Waals surface area contributed by atoms with Crippen LogP contribution in [0.5, 0.6) is 5.75 Å². The Bertz CT molecular complexity index is 676. The summed E-state index contributed by atoms with van der Waals surface area (Å²) in [5.41, 5.74) is 0.733. The number of aryl methyl sites for hydroxylation is 1. The Hall–Kier alpha value is -1.64. The van der Waals surface area contributed by atoms with E-state index in [9.17, 15) is 13.2 Å². The van der Waals surface area contributed by atoms with Crippen LogP contribution in [-0.2, 0) is 19.6 Å². The van der Waals surface area contributed by atoms with Crippen LogP contribution < -0.4 is 10.1 Å². The number of hydrogen-bond acceptors (Lipinski definition) is 5. The molecule has 0 saturated carbocycles. The summed E-state index contributed by atoms with van der Waals surface area (Å²) in [6, 6.07) is 4.52. The van der Waals surface area contributed by atoms with E-state index in [4.69, 9.17) is 9.47 Å². The zero-order valence-electron chi connectivity index (χ0n) is 15.5. The highest BCUT2D eigenvalue weighted by Crippen LogP contribution is 2.24. The molecule has 0 aliphatic rings. The molecular weight excluding hydrogens is 344 g/mol. The van der Waals surface area contributed by atoms with Crippen LogP contribution in [0.25, 0.3) is 0 Å². The van der Waals surface area contributed by atoms with Crippen molar-refractivity contribution in [1.29, 1.82) is 0 Å². The molecule has 0 aliphatic carbocycles. The highest BCUT2D eigenvalue weighted by Gasteiger charge is 2.26. The van der Waals surface area contributed by atoms with Crippen LogP contribution in [0.1, 0.15) is 26.3 Å². The Morgan fingerprint density at radius 3 is 2.52 bits per heavy atom. The predicted molar refractivity (Wildman–Crippen MR) is 96.3 cm³/mol. The van der Waals surface area contributed by atoms with Crippen LogP contribution >= 0.6 is 0 Å². The van der Waals surface area contributed by atoms with Crippen molar-refractivity contribution in [3.05, 3.63) is 23.8 Å². The van der Waals surface area contributed by atoms with Gasteiger partial charge in [-0.3, -0.25) is 4.79 Å². The third-order valence-corrected chi connectivity index (χ3v) is 5.50. The quantitative estimate of drug-likeness (QED) is 0.674. The van der Waals surface area contributed by atoms with E-state index in [0.717, 1.165) is 9.87 Å². The highest BCUT2D eigenvalue weighted by atomic mass is 32.2. The molecule has 0 unspecified atom stereocenters. The lowest BCUT2D eigenvalue weighted by Gasteiger charge is -2.22. The molecule has 1 N–H and O–H groups in total. The summed E-state index contributed by atoms with van der Waals surface area (Å²) in [6.07, 6.45) is 0. The molecule has 0 aliphatic heterocycles. The van der Waals surface area contributed by atoms with Crippen molar-refractivity contribution in [3.63, 3.8) is 0 Å². The molecule has 0 saturated heterocycles. The summed E-state index contributed by atoms with van der Waals surface area (Å²) < 4.78 is 37.2. The van der Waals surface area contributed by atoms with Crippen molar-refractivity contribution >= 4 is 15.9 Å². The Morgan fingerprint density at radius 1 is 1.32 bits per heavy atom. The fraction of sp³-hybridized carbons (Fsp3) is 0.588. The second kappa shape index (κ2) is 9.74. The molecule has 0 bridgehead atoms. The van der Waals surface area contributed by atoms with Crippen LogP contribution in [0.15, 0.2) is 23.1 Å². The molecule has 0 radical (unpaired) electrons. The van der Waals surface area contributed by atoms with Crippen LogP contribution in [0.3, 0.4) is 0 Å². The molecule has 7 nitrogen and oxygen atoms in total. The topological polar surface area (TPSA) is 84.9 Å². The van der Waals surface area contributed by atoms with Gasteiger partial charge < -0.3 is 14.8 Å². The molecule has 25 heavy (non-hydrogen) atoms. The average Bonchev–Trinajstić information content (AvgIpc) is 2.54. The maximum absolute atomic E-state index is 12.8. The van der Waals surface area contributed by atoms with Gasteiger partial charge in [0.1, 0.15) is 5.75 Å². The standard InChI is InChI=1S/C17H28N2O5S/c1-6-19(11-17(20)18-14(4)12-23-5)25(21,22)15-8-9-16(24-7-2)13(3)10-15/h8-10,14H,6-7,11-12H2,1-5H3,(H,18,20)/t14-/m1/s1. The number of nitrogens with one attached hydrogen (secondary N) is 1. The first-order chi connectivity index (χ1) is 11.8. The molecular formula is C17H28N2O5S. The maximum atomic E-state index is 12.8. The van der Waals surface area contributed by atoms with Crippen LogP contribution in [0.4, 0.5) is 0 Å². The van der Waals surface area contributed by atoms with Gasteiger partial charge in [0.15, 0.2) is 0 Å². The first-order valence-electron chi connectivity index (χ1n) is 8.28. The molecule has 8 heteroatoms. The van der Waals surface area contributed by atoms with Gasteiger partial charge in [0, 0.05) is 19.7 Å². The Morgan fingerprint density at radius 2 is 2.00 bits per heavy atom. The van der Waals surface area contributed by atoms with Gasteiger partial charge in [-0.05, 0) is 44.5 Å². The number of likely N-dealkylation sites (N-methyl/N-ethyl adjacent to an activating group) is 1. The fourth-order valence-corrected chi connectivity index (χ4v) is 3.88. The Labute approximate surface area is 150 Å². The number of ether oxygens (including phenoxy) is 2. The molecule has 1 atom stereocenters. The zero-order chi connectivity index (χ0) is 19.0. The molecule has 0 heterocycles. The summed E-state index contributed by atoms with van der Waals surface area (Å²) in [4.78, 5) is 12.2. The normalized spacial score (nSPS) is 12.9. The molecule has 0 spiro atoms. The van der Waals surface area contributed by atoms with Crippen LogP contribution in [-0.4, -0.2) is 58.1 Å². The van der Waals surface area contributed by atoms with E-state index in [2.05, 4.69) is 5.32 Å². The number of carbonyl (C=O) groups excluding carboxylic acids is 1. The third-order valence-electron chi connectivity index (χ3n) is 3.58. The van der Waals surface area contributed by atoms with Gasteiger partial charge in [-0.2, -0.15) is 4.31 Å². The van der Waals surface area contributed by atoms with Crippen molar-refractivity contribution in [2.24, 2.45) is 0 Å². The molecule has 142 valence electrons. The minimum absolute atomic E-state index is 0.146. The van der Waals surface area contributed by atoms with Gasteiger partial charge in [-0.25, -0.2) is 8.42 Å². The number of amides is 1. The number of nitrogens with zero attached hydrogens (tertiary/aromatic N) is 1. The van der Waals surface area contributed by atoms with Crippen molar-refractivity contribution in [2.45, 2.75) is 38.6 Å². The van der Waals surface area contributed by atoms with Crippen LogP contribution in [0, 0.1) is 6.92 Å². The summed E-state index contributed by atoms with van der Waals surface area (Å²) in [5, 5.41) is 2.72. The molecule has 1 aromatic rings. The SMILES string of the molecule is CCOc1ccc(S(=O)(=O)N(CC)CC(=O)N[C@H](C)COC)cc1C. The predicted octanol–water partition coefficient (Wildman–Crippen LogP) is 1.56. The lowest BCUT2D eigenvalue weighted by Crippen LogP contribution is -2.44. The zero-order valence-corrected chi connectivity index (χ0v) is 16.4. The van der Waals surface area contributed by atoms with Gasteiger partial charge in [0.2, 0.25) is 15.9 Å². The van der Waals surface area contributed by atoms with E-state index in [1.165, 1.54) is 6.07 Å². The summed E-state index contributed by atoms with van der Waals surface area (Å²) >= 11 is 0. The number of carbonyl (C=O) groups is 1. The molecule has 1 amide bonds. The monoisotopic (exact) mass is 372 g/mol. The van der Waals surface area contributed by atoms with E-state index >= 15 is 0 Å². The molecule has 0 aromatic heterocycles. The number of benzene rings is 1. The van der Waals surface area contributed by atoms with Gasteiger partial charge in [-0.15, -0.1) is 0 Å². The van der Waals surface area contributed by atoms with Gasteiger partial charge in [-0.1, -0.05) is 6.92 Å². The van der Waals surface area contributed by atoms with E-state index in [-0.39, 0.29) is 29.9 Å². The minimum Gasteiger partial charge on any atom is -0.494 e. The molecule has 1 aromatic carbocycles. The molecule has 1 rings (SSSR count). The Balaban J connectivity index is 2.93. The minimum atomic E-state index is -3.76. The number of rotatable bonds is 10. The maximum Gasteiger partial charge on any atom is 0.243 e. The van der Waals surface area contributed by atoms with Crippen LogP contribution in [0.2, 0.25) is 0 Å².